The quantitative estimate of drug-likeness (QED) is 0.496. The highest BCUT2D eigenvalue weighted by atomic mass is 35.7. The minimum Gasteiger partial charge on any atom is -0.204 e. The summed E-state index contributed by atoms with van der Waals surface area (Å²) in [6.07, 6.45) is 0. The number of hydrogen-bond acceptors (Lipinski definition) is 1. The van der Waals surface area contributed by atoms with E-state index in [1.54, 1.807) is 5.51 Å². The van der Waals surface area contributed by atoms with Gasteiger partial charge < -0.3 is 0 Å². The molecule has 0 aliphatic heterocycles. The minimum absolute atomic E-state index is 0.184. The van der Waals surface area contributed by atoms with Crippen LogP contribution in [0, 0.1) is 6.92 Å². The predicted molar refractivity (Wildman–Crippen MR) is 32.7 cm³/mol. The molecule has 3 heteroatoms. The fourth-order valence-corrected chi connectivity index (χ4v) is 1.58. The van der Waals surface area contributed by atoms with Crippen LogP contribution in [0.5, 0.6) is 0 Å². The van der Waals surface area contributed by atoms with Crippen molar-refractivity contribution in [3.63, 3.8) is 0 Å². The van der Waals surface area contributed by atoms with Crippen LogP contribution in [0.25, 0.3) is 0 Å². The molecule has 0 aliphatic rings. The zero-order valence-electron chi connectivity index (χ0n) is 3.89. The maximum absolute atomic E-state index is 5.61. The van der Waals surface area contributed by atoms with Crippen molar-refractivity contribution in [1.82, 2.24) is 4.98 Å². The Morgan fingerprint density at radius 1 is 1.86 bits per heavy atom. The van der Waals surface area contributed by atoms with Crippen LogP contribution in [0.1, 0.15) is 5.69 Å². The summed E-state index contributed by atoms with van der Waals surface area (Å²) in [6.45, 7) is 1.94. The third kappa shape index (κ3) is 1.14. The molecule has 0 saturated carbocycles. The Morgan fingerprint density at radius 3 is 2.71 bits per heavy atom. The molecule has 1 unspecified atom stereocenters. The summed E-state index contributed by atoms with van der Waals surface area (Å²) in [5.41, 5.74) is 2.77. The van der Waals surface area contributed by atoms with Crippen LogP contribution in [0.3, 0.4) is 0 Å². The zero-order chi connectivity index (χ0) is 5.28. The lowest BCUT2D eigenvalue weighted by molar-refractivity contribution is 1.27. The number of thiazole rings is 1. The molecular weight excluding hydrogens is 130 g/mol. The molecule has 0 radical (unpaired) electrons. The van der Waals surface area contributed by atoms with Gasteiger partial charge in [0.15, 0.2) is 5.38 Å². The predicted octanol–water partition coefficient (Wildman–Crippen LogP) is 2.14. The van der Waals surface area contributed by atoms with E-state index in [0.717, 1.165) is 5.69 Å². The summed E-state index contributed by atoms with van der Waals surface area (Å²) in [4.78, 5) is 3.93. The summed E-state index contributed by atoms with van der Waals surface area (Å²) in [7, 11) is 5.42. The van der Waals surface area contributed by atoms with E-state index in [0.29, 0.717) is 0 Å². The Balaban J connectivity index is 3.04. The SMILES string of the molecule is Cc1c[s+](Cl)cn1. The van der Waals surface area contributed by atoms with Crippen molar-refractivity contribution in [3.05, 3.63) is 16.6 Å². The first kappa shape index (κ1) is 5.06. The lowest BCUT2D eigenvalue weighted by atomic mass is 10.6. The van der Waals surface area contributed by atoms with Crippen molar-refractivity contribution < 1.29 is 0 Å². The van der Waals surface area contributed by atoms with E-state index in [-0.39, 0.29) is 9.68 Å². The smallest absolute Gasteiger partial charge is 0.204 e. The molecule has 0 aromatic carbocycles. The number of halogens is 1. The second-order valence-corrected chi connectivity index (χ2v) is 3.45. The lowest BCUT2D eigenvalue weighted by Crippen LogP contribution is -1.59. The van der Waals surface area contributed by atoms with E-state index in [2.05, 4.69) is 4.98 Å². The Bertz CT molecular complexity index is 144. The van der Waals surface area contributed by atoms with Gasteiger partial charge >= 0.3 is 0 Å². The van der Waals surface area contributed by atoms with Crippen molar-refractivity contribution in [2.24, 2.45) is 0 Å². The third-order valence-corrected chi connectivity index (χ3v) is 2.02. The molecule has 0 fully saturated rings. The number of aromatic nitrogens is 1. The van der Waals surface area contributed by atoms with E-state index in [9.17, 15) is 0 Å². The van der Waals surface area contributed by atoms with Crippen molar-refractivity contribution in [3.8, 4) is 0 Å². The summed E-state index contributed by atoms with van der Waals surface area (Å²) in [5, 5.41) is 1.93. The number of nitrogens with zero attached hydrogens (tertiary/aromatic N) is 1. The molecule has 1 heterocycles. The van der Waals surface area contributed by atoms with Crippen LogP contribution in [0.4, 0.5) is 0 Å². The number of hydrogen-bond donors (Lipinski definition) is 0. The molecular formula is C4H5ClNS+. The summed E-state index contributed by atoms with van der Waals surface area (Å²) < 4.78 is 0. The highest BCUT2D eigenvalue weighted by Crippen LogP contribution is 2.20. The highest BCUT2D eigenvalue weighted by Gasteiger charge is 1.98. The minimum atomic E-state index is -0.184. The Morgan fingerprint density at radius 2 is 2.57 bits per heavy atom. The molecule has 0 aliphatic carbocycles. The highest BCUT2D eigenvalue weighted by molar-refractivity contribution is 7.59. The second kappa shape index (κ2) is 1.80. The van der Waals surface area contributed by atoms with Crippen LogP contribution < -0.4 is 0 Å². The Kier molecular flexibility index (Phi) is 1.30. The Labute approximate surface area is 49.4 Å². The molecule has 1 aromatic rings. The van der Waals surface area contributed by atoms with Gasteiger partial charge in [-0.15, -0.1) is 0 Å². The van der Waals surface area contributed by atoms with Gasteiger partial charge in [0.05, 0.1) is 5.69 Å². The normalized spacial score (nSPS) is 12.0. The van der Waals surface area contributed by atoms with E-state index in [4.69, 9.17) is 10.7 Å². The molecule has 0 bridgehead atoms. The summed E-state index contributed by atoms with van der Waals surface area (Å²) in [6, 6.07) is 0. The van der Waals surface area contributed by atoms with Crippen LogP contribution >= 0.6 is 20.4 Å². The first-order chi connectivity index (χ1) is 3.29. The van der Waals surface area contributed by atoms with Crippen molar-refractivity contribution in [2.45, 2.75) is 6.92 Å². The van der Waals surface area contributed by atoms with Crippen molar-refractivity contribution in [1.29, 1.82) is 0 Å². The second-order valence-electron chi connectivity index (χ2n) is 1.31. The zero-order valence-corrected chi connectivity index (χ0v) is 5.46. The lowest BCUT2D eigenvalue weighted by Gasteiger charge is -1.59. The molecule has 0 spiro atoms. The molecule has 0 amide bonds. The standard InChI is InChI=1S/C4H5ClNS/c1-4-2-7(5)3-6-4/h2-3H,1H3/q+1. The van der Waals surface area contributed by atoms with Gasteiger partial charge in [0.1, 0.15) is 9.68 Å². The van der Waals surface area contributed by atoms with Crippen LogP contribution in [-0.4, -0.2) is 4.98 Å². The first-order valence-electron chi connectivity index (χ1n) is 1.90. The van der Waals surface area contributed by atoms with Gasteiger partial charge in [0.25, 0.3) is 0 Å². The number of rotatable bonds is 0. The van der Waals surface area contributed by atoms with Gasteiger partial charge in [-0.3, -0.25) is 0 Å². The van der Waals surface area contributed by atoms with Crippen LogP contribution in [0.2, 0.25) is 0 Å². The topological polar surface area (TPSA) is 12.9 Å². The van der Waals surface area contributed by atoms with E-state index >= 15 is 0 Å². The van der Waals surface area contributed by atoms with Crippen molar-refractivity contribution in [2.75, 3.05) is 0 Å². The maximum atomic E-state index is 5.61. The number of aryl methyl sites for hydroxylation is 1. The molecule has 0 N–H and O–H groups in total. The summed E-state index contributed by atoms with van der Waals surface area (Å²) in [5.74, 6) is 0. The largest absolute Gasteiger partial charge is 0.250 e. The van der Waals surface area contributed by atoms with Gasteiger partial charge in [-0.1, -0.05) is 0 Å². The van der Waals surface area contributed by atoms with Crippen molar-refractivity contribution >= 4 is 20.4 Å². The molecule has 0 saturated heterocycles. The third-order valence-electron chi connectivity index (χ3n) is 0.640. The maximum Gasteiger partial charge on any atom is 0.250 e. The van der Waals surface area contributed by atoms with Gasteiger partial charge in [-0.05, 0) is 6.92 Å². The van der Waals surface area contributed by atoms with E-state index in [1.807, 2.05) is 12.3 Å². The van der Waals surface area contributed by atoms with Gasteiger partial charge in [0, 0.05) is 0 Å². The van der Waals surface area contributed by atoms with E-state index < -0.39 is 0 Å². The monoisotopic (exact) mass is 134 g/mol. The van der Waals surface area contributed by atoms with E-state index in [1.165, 1.54) is 0 Å². The average molecular weight is 135 g/mol. The molecule has 1 nitrogen and oxygen atoms in total. The fourth-order valence-electron chi connectivity index (χ4n) is 0.357. The van der Waals surface area contributed by atoms with Crippen LogP contribution in [0.15, 0.2) is 10.9 Å². The molecule has 38 valence electrons. The van der Waals surface area contributed by atoms with Gasteiger partial charge in [-0.25, -0.2) is 4.98 Å². The first-order valence-corrected chi connectivity index (χ1v) is 4.07. The Hall–Kier alpha value is -0.0800. The van der Waals surface area contributed by atoms with Gasteiger partial charge in [-0.2, -0.15) is 0 Å². The fraction of sp³-hybridized carbons (Fsp3) is 0.250. The average Bonchev–Trinajstić information content (AvgIpc) is 1.87. The molecule has 1 atom stereocenters. The molecule has 1 aromatic heterocycles. The summed E-state index contributed by atoms with van der Waals surface area (Å²) >= 11 is 0. The van der Waals surface area contributed by atoms with Gasteiger partial charge in [0.2, 0.25) is 16.2 Å². The molecule has 7 heavy (non-hydrogen) atoms. The molecule has 1 rings (SSSR count). The van der Waals surface area contributed by atoms with Crippen LogP contribution in [-0.2, 0) is 0 Å².